The lowest BCUT2D eigenvalue weighted by Crippen LogP contribution is -1.87. The molecule has 0 fully saturated rings. The van der Waals surface area contributed by atoms with Gasteiger partial charge in [-0.05, 0) is 12.1 Å². The van der Waals surface area contributed by atoms with E-state index in [0.717, 1.165) is 0 Å². The summed E-state index contributed by atoms with van der Waals surface area (Å²) in [4.78, 5) is 0.485. The van der Waals surface area contributed by atoms with E-state index in [9.17, 15) is 4.39 Å². The van der Waals surface area contributed by atoms with Crippen LogP contribution in [0.2, 0.25) is 0 Å². The zero-order valence-electron chi connectivity index (χ0n) is 5.43. The Kier molecular flexibility index (Phi) is 2.06. The van der Waals surface area contributed by atoms with Crippen LogP contribution in [0.25, 0.3) is 0 Å². The second-order valence-corrected chi connectivity index (χ2v) is 2.27. The highest BCUT2D eigenvalue weighted by atomic mass is 32.1. The predicted molar refractivity (Wildman–Crippen MR) is 38.6 cm³/mol. The first-order valence-corrected chi connectivity index (χ1v) is 3.15. The summed E-state index contributed by atoms with van der Waals surface area (Å²) in [6, 6.07) is 4.39. The van der Waals surface area contributed by atoms with Gasteiger partial charge in [-0.25, -0.2) is 4.39 Å². The SMILES string of the molecule is COc1ccc([S-])cc1F. The van der Waals surface area contributed by atoms with Crippen molar-refractivity contribution in [2.24, 2.45) is 0 Å². The van der Waals surface area contributed by atoms with Gasteiger partial charge in [-0.15, -0.1) is 0 Å². The average Bonchev–Trinajstić information content (AvgIpc) is 1.88. The summed E-state index contributed by atoms with van der Waals surface area (Å²) >= 11 is 4.71. The summed E-state index contributed by atoms with van der Waals surface area (Å²) in [7, 11) is 1.42. The molecule has 3 heteroatoms. The highest BCUT2D eigenvalue weighted by Crippen LogP contribution is 2.16. The molecule has 0 aliphatic rings. The molecule has 0 saturated heterocycles. The first-order valence-electron chi connectivity index (χ1n) is 2.74. The Labute approximate surface area is 64.2 Å². The van der Waals surface area contributed by atoms with Crippen LogP contribution in [0.15, 0.2) is 23.1 Å². The summed E-state index contributed by atoms with van der Waals surface area (Å²) < 4.78 is 17.3. The van der Waals surface area contributed by atoms with Crippen molar-refractivity contribution in [3.8, 4) is 5.75 Å². The number of ether oxygens (including phenoxy) is 1. The monoisotopic (exact) mass is 157 g/mol. The van der Waals surface area contributed by atoms with Gasteiger partial charge >= 0.3 is 0 Å². The molecule has 0 aliphatic carbocycles. The zero-order valence-corrected chi connectivity index (χ0v) is 6.24. The molecule has 0 spiro atoms. The van der Waals surface area contributed by atoms with Crippen molar-refractivity contribution in [3.63, 3.8) is 0 Å². The van der Waals surface area contributed by atoms with Crippen molar-refractivity contribution >= 4 is 12.6 Å². The molecule has 1 rings (SSSR count). The second kappa shape index (κ2) is 2.84. The minimum Gasteiger partial charge on any atom is -0.780 e. The van der Waals surface area contributed by atoms with Gasteiger partial charge in [-0.1, -0.05) is 6.07 Å². The molecule has 0 aliphatic heterocycles. The van der Waals surface area contributed by atoms with Crippen LogP contribution in [-0.2, 0) is 12.6 Å². The summed E-state index contributed by atoms with van der Waals surface area (Å²) in [5.41, 5.74) is 0. The molecular weight excluding hydrogens is 151 g/mol. The van der Waals surface area contributed by atoms with Gasteiger partial charge in [0, 0.05) is 0 Å². The van der Waals surface area contributed by atoms with Crippen LogP contribution in [0.5, 0.6) is 5.75 Å². The molecule has 0 radical (unpaired) electrons. The number of halogens is 1. The topological polar surface area (TPSA) is 9.23 Å². The number of rotatable bonds is 1. The minimum absolute atomic E-state index is 0.230. The van der Waals surface area contributed by atoms with Crippen molar-refractivity contribution < 1.29 is 9.13 Å². The predicted octanol–water partition coefficient (Wildman–Crippen LogP) is 1.74. The molecule has 0 unspecified atom stereocenters. The first kappa shape index (κ1) is 7.28. The third-order valence-electron chi connectivity index (χ3n) is 1.12. The smallest absolute Gasteiger partial charge is 0.163 e. The third-order valence-corrected chi connectivity index (χ3v) is 1.38. The average molecular weight is 157 g/mol. The quantitative estimate of drug-likeness (QED) is 0.574. The molecule has 54 valence electrons. The van der Waals surface area contributed by atoms with E-state index in [2.05, 4.69) is 4.74 Å². The van der Waals surface area contributed by atoms with E-state index in [4.69, 9.17) is 12.6 Å². The van der Waals surface area contributed by atoms with E-state index in [1.807, 2.05) is 0 Å². The van der Waals surface area contributed by atoms with Crippen LogP contribution >= 0.6 is 0 Å². The van der Waals surface area contributed by atoms with Crippen LogP contribution in [0.3, 0.4) is 0 Å². The molecular formula is C7H6FOS-. The Balaban J connectivity index is 3.07. The fourth-order valence-electron chi connectivity index (χ4n) is 0.647. The van der Waals surface area contributed by atoms with E-state index < -0.39 is 5.82 Å². The molecule has 0 saturated carbocycles. The van der Waals surface area contributed by atoms with Crippen LogP contribution in [0.1, 0.15) is 0 Å². The number of methoxy groups -OCH3 is 1. The van der Waals surface area contributed by atoms with E-state index in [-0.39, 0.29) is 5.75 Å². The molecule has 1 aromatic rings. The summed E-state index contributed by atoms with van der Waals surface area (Å²) in [6.07, 6.45) is 0. The Bertz CT molecular complexity index is 237. The normalized spacial score (nSPS) is 9.40. The molecule has 0 bridgehead atoms. The van der Waals surface area contributed by atoms with E-state index in [1.165, 1.54) is 19.2 Å². The fourth-order valence-corrected chi connectivity index (χ4v) is 0.819. The van der Waals surface area contributed by atoms with Crippen LogP contribution in [-0.4, -0.2) is 7.11 Å². The van der Waals surface area contributed by atoms with Crippen LogP contribution in [0, 0.1) is 5.82 Å². The van der Waals surface area contributed by atoms with Crippen molar-refractivity contribution in [2.75, 3.05) is 7.11 Å². The third kappa shape index (κ3) is 1.36. The highest BCUT2D eigenvalue weighted by Gasteiger charge is 1.96. The first-order chi connectivity index (χ1) is 4.74. The molecule has 1 aromatic carbocycles. The maximum Gasteiger partial charge on any atom is 0.163 e. The van der Waals surface area contributed by atoms with Crippen molar-refractivity contribution in [1.82, 2.24) is 0 Å². The fraction of sp³-hybridized carbons (Fsp3) is 0.143. The maximum atomic E-state index is 12.7. The van der Waals surface area contributed by atoms with E-state index >= 15 is 0 Å². The molecule has 0 N–H and O–H groups in total. The van der Waals surface area contributed by atoms with Gasteiger partial charge < -0.3 is 17.4 Å². The molecule has 10 heavy (non-hydrogen) atoms. The van der Waals surface area contributed by atoms with Gasteiger partial charge in [-0.3, -0.25) is 0 Å². The lowest BCUT2D eigenvalue weighted by Gasteiger charge is -2.06. The largest absolute Gasteiger partial charge is 0.780 e. The van der Waals surface area contributed by atoms with Gasteiger partial charge in [0.1, 0.15) is 0 Å². The molecule has 0 heterocycles. The van der Waals surface area contributed by atoms with Crippen LogP contribution in [0.4, 0.5) is 4.39 Å². The number of hydrogen-bond acceptors (Lipinski definition) is 2. The van der Waals surface area contributed by atoms with Crippen molar-refractivity contribution in [1.29, 1.82) is 0 Å². The van der Waals surface area contributed by atoms with E-state index in [1.54, 1.807) is 6.07 Å². The van der Waals surface area contributed by atoms with Gasteiger partial charge in [0.15, 0.2) is 11.6 Å². The minimum atomic E-state index is -0.407. The van der Waals surface area contributed by atoms with Gasteiger partial charge in [0.25, 0.3) is 0 Å². The number of benzene rings is 1. The van der Waals surface area contributed by atoms with Crippen molar-refractivity contribution in [3.05, 3.63) is 24.0 Å². The standard InChI is InChI=1S/C7H7FOS/c1-9-7-3-2-5(10)4-6(7)8/h2-4,10H,1H3/p-1. The summed E-state index contributed by atoms with van der Waals surface area (Å²) in [5, 5.41) is 0. The van der Waals surface area contributed by atoms with E-state index in [0.29, 0.717) is 4.90 Å². The van der Waals surface area contributed by atoms with Crippen molar-refractivity contribution in [2.45, 2.75) is 4.90 Å². The molecule has 0 amide bonds. The zero-order chi connectivity index (χ0) is 7.56. The Morgan fingerprint density at radius 2 is 2.20 bits per heavy atom. The second-order valence-electron chi connectivity index (χ2n) is 1.80. The lowest BCUT2D eigenvalue weighted by atomic mass is 10.3. The molecule has 0 aromatic heterocycles. The maximum absolute atomic E-state index is 12.7. The Morgan fingerprint density at radius 1 is 1.50 bits per heavy atom. The lowest BCUT2D eigenvalue weighted by molar-refractivity contribution is 0.385. The summed E-state index contributed by atoms with van der Waals surface area (Å²) in [5.74, 6) is -0.177. The van der Waals surface area contributed by atoms with Gasteiger partial charge in [0.2, 0.25) is 0 Å². The van der Waals surface area contributed by atoms with Gasteiger partial charge in [0.05, 0.1) is 7.11 Å². The van der Waals surface area contributed by atoms with Crippen LogP contribution < -0.4 is 4.74 Å². The highest BCUT2D eigenvalue weighted by molar-refractivity contribution is 7.58. The Hall–Kier alpha value is -0.830. The summed E-state index contributed by atoms with van der Waals surface area (Å²) in [6.45, 7) is 0. The molecule has 0 atom stereocenters. The van der Waals surface area contributed by atoms with Gasteiger partial charge in [-0.2, -0.15) is 4.90 Å². The Morgan fingerprint density at radius 3 is 2.70 bits per heavy atom. The molecule has 1 nitrogen and oxygen atoms in total. The number of hydrogen-bond donors (Lipinski definition) is 0.